The van der Waals surface area contributed by atoms with Gasteiger partial charge in [-0.25, -0.2) is 4.98 Å². The van der Waals surface area contributed by atoms with Crippen molar-refractivity contribution < 1.29 is 4.74 Å². The third kappa shape index (κ3) is 3.20. The van der Waals surface area contributed by atoms with Crippen molar-refractivity contribution in [1.29, 1.82) is 0 Å². The highest BCUT2D eigenvalue weighted by atomic mass is 32.1. The van der Waals surface area contributed by atoms with Crippen LogP contribution in [0.3, 0.4) is 0 Å². The second-order valence-electron chi connectivity index (χ2n) is 6.49. The molecule has 2 N–H and O–H groups in total. The Morgan fingerprint density at radius 1 is 1.28 bits per heavy atom. The quantitative estimate of drug-likeness (QED) is 0.755. The van der Waals surface area contributed by atoms with Gasteiger partial charge >= 0.3 is 0 Å². The average Bonchev–Trinajstić information content (AvgIpc) is 3.03. The summed E-state index contributed by atoms with van der Waals surface area (Å²) in [5, 5.41) is 2.59. The SMILES string of the molecule is Cc1ccccc1CN1CC(C)Oc2ccc(-c3csc(N)n3)cc21. The van der Waals surface area contributed by atoms with Gasteiger partial charge in [0.1, 0.15) is 11.9 Å². The van der Waals surface area contributed by atoms with Gasteiger partial charge < -0.3 is 15.4 Å². The average molecular weight is 351 g/mol. The first-order valence-corrected chi connectivity index (χ1v) is 9.29. The summed E-state index contributed by atoms with van der Waals surface area (Å²) in [6.45, 7) is 6.01. The number of nitrogens with zero attached hydrogens (tertiary/aromatic N) is 2. The summed E-state index contributed by atoms with van der Waals surface area (Å²) >= 11 is 1.46. The van der Waals surface area contributed by atoms with Crippen LogP contribution >= 0.6 is 11.3 Å². The van der Waals surface area contributed by atoms with Crippen LogP contribution < -0.4 is 15.4 Å². The normalized spacial score (nSPS) is 16.4. The highest BCUT2D eigenvalue weighted by Gasteiger charge is 2.24. The van der Waals surface area contributed by atoms with Gasteiger partial charge in [0.25, 0.3) is 0 Å². The minimum absolute atomic E-state index is 0.164. The molecule has 0 saturated carbocycles. The number of hydrogen-bond acceptors (Lipinski definition) is 5. The van der Waals surface area contributed by atoms with Gasteiger partial charge in [-0.05, 0) is 43.2 Å². The second kappa shape index (κ2) is 6.41. The Morgan fingerprint density at radius 2 is 2.12 bits per heavy atom. The van der Waals surface area contributed by atoms with Gasteiger partial charge in [-0.3, -0.25) is 0 Å². The first-order chi connectivity index (χ1) is 12.1. The Bertz CT molecular complexity index is 905. The Kier molecular flexibility index (Phi) is 4.09. The van der Waals surface area contributed by atoms with Crippen molar-refractivity contribution >= 4 is 22.2 Å². The van der Waals surface area contributed by atoms with Crippen molar-refractivity contribution in [2.75, 3.05) is 17.2 Å². The van der Waals surface area contributed by atoms with Crippen molar-refractivity contribution in [3.8, 4) is 17.0 Å². The van der Waals surface area contributed by atoms with E-state index >= 15 is 0 Å². The zero-order valence-electron chi connectivity index (χ0n) is 14.4. The summed E-state index contributed by atoms with van der Waals surface area (Å²) in [5.41, 5.74) is 11.5. The highest BCUT2D eigenvalue weighted by molar-refractivity contribution is 7.13. The second-order valence-corrected chi connectivity index (χ2v) is 7.38. The number of fused-ring (bicyclic) bond motifs is 1. The maximum absolute atomic E-state index is 6.04. The Labute approximate surface area is 151 Å². The van der Waals surface area contributed by atoms with Crippen LogP contribution in [0.5, 0.6) is 5.75 Å². The van der Waals surface area contributed by atoms with Crippen LogP contribution in [0.2, 0.25) is 0 Å². The summed E-state index contributed by atoms with van der Waals surface area (Å²) in [6, 6.07) is 14.8. The van der Waals surface area contributed by atoms with E-state index in [1.54, 1.807) is 0 Å². The van der Waals surface area contributed by atoms with E-state index in [0.717, 1.165) is 35.8 Å². The molecule has 1 atom stereocenters. The van der Waals surface area contributed by atoms with Gasteiger partial charge in [-0.2, -0.15) is 0 Å². The Morgan fingerprint density at radius 3 is 2.88 bits per heavy atom. The number of nitrogens with two attached hydrogens (primary N) is 1. The van der Waals surface area contributed by atoms with E-state index in [1.807, 2.05) is 11.4 Å². The smallest absolute Gasteiger partial charge is 0.180 e. The molecule has 0 saturated heterocycles. The molecule has 128 valence electrons. The molecule has 0 aliphatic carbocycles. The zero-order chi connectivity index (χ0) is 17.4. The molecular weight excluding hydrogens is 330 g/mol. The Balaban J connectivity index is 1.71. The molecule has 25 heavy (non-hydrogen) atoms. The van der Waals surface area contributed by atoms with Gasteiger partial charge in [0, 0.05) is 17.5 Å². The van der Waals surface area contributed by atoms with Gasteiger partial charge in [-0.1, -0.05) is 24.3 Å². The number of ether oxygens (including phenoxy) is 1. The fourth-order valence-corrected chi connectivity index (χ4v) is 3.82. The predicted octanol–water partition coefficient (Wildman–Crippen LogP) is 4.49. The van der Waals surface area contributed by atoms with Crippen LogP contribution in [0.4, 0.5) is 10.8 Å². The lowest BCUT2D eigenvalue weighted by Gasteiger charge is -2.35. The van der Waals surface area contributed by atoms with Gasteiger partial charge in [0.15, 0.2) is 5.13 Å². The van der Waals surface area contributed by atoms with Crippen LogP contribution in [0.25, 0.3) is 11.3 Å². The largest absolute Gasteiger partial charge is 0.487 e. The number of rotatable bonds is 3. The molecule has 0 bridgehead atoms. The lowest BCUT2D eigenvalue weighted by atomic mass is 10.1. The van der Waals surface area contributed by atoms with Crippen LogP contribution in [0.15, 0.2) is 47.8 Å². The molecule has 1 aromatic heterocycles. The third-order valence-electron chi connectivity index (χ3n) is 4.55. The van der Waals surface area contributed by atoms with Gasteiger partial charge in [0.2, 0.25) is 0 Å². The third-order valence-corrected chi connectivity index (χ3v) is 5.22. The topological polar surface area (TPSA) is 51.4 Å². The number of hydrogen-bond donors (Lipinski definition) is 1. The van der Waals surface area contributed by atoms with E-state index in [1.165, 1.54) is 22.5 Å². The lowest BCUT2D eigenvalue weighted by Crippen LogP contribution is -2.38. The van der Waals surface area contributed by atoms with Gasteiger partial charge in [0.05, 0.1) is 17.9 Å². The summed E-state index contributed by atoms with van der Waals surface area (Å²) in [5.74, 6) is 0.930. The number of benzene rings is 2. The molecule has 3 aromatic rings. The van der Waals surface area contributed by atoms with Crippen LogP contribution in [-0.2, 0) is 6.54 Å². The number of nitrogen functional groups attached to an aromatic ring is 1. The molecule has 1 unspecified atom stereocenters. The summed E-state index contributed by atoms with van der Waals surface area (Å²) in [7, 11) is 0. The van der Waals surface area contributed by atoms with Crippen molar-refractivity contribution in [2.24, 2.45) is 0 Å². The summed E-state index contributed by atoms with van der Waals surface area (Å²) in [6.07, 6.45) is 0.164. The number of anilines is 2. The maximum atomic E-state index is 6.04. The van der Waals surface area contributed by atoms with Crippen LogP contribution in [-0.4, -0.2) is 17.6 Å². The molecular formula is C20H21N3OS. The van der Waals surface area contributed by atoms with Crippen LogP contribution in [0, 0.1) is 6.92 Å². The molecule has 2 aromatic carbocycles. The van der Waals surface area contributed by atoms with Gasteiger partial charge in [-0.15, -0.1) is 11.3 Å². The minimum atomic E-state index is 0.164. The molecule has 2 heterocycles. The van der Waals surface area contributed by atoms with E-state index < -0.39 is 0 Å². The highest BCUT2D eigenvalue weighted by Crippen LogP contribution is 2.38. The maximum Gasteiger partial charge on any atom is 0.180 e. The van der Waals surface area contributed by atoms with E-state index in [9.17, 15) is 0 Å². The molecule has 0 amide bonds. The molecule has 1 aliphatic rings. The van der Waals surface area contributed by atoms with Crippen molar-refractivity contribution in [2.45, 2.75) is 26.5 Å². The Hall–Kier alpha value is -2.53. The molecule has 4 nitrogen and oxygen atoms in total. The molecule has 1 aliphatic heterocycles. The van der Waals surface area contributed by atoms with Crippen molar-refractivity contribution in [3.05, 3.63) is 59.0 Å². The first-order valence-electron chi connectivity index (χ1n) is 8.41. The van der Waals surface area contributed by atoms with Crippen molar-refractivity contribution in [1.82, 2.24) is 4.98 Å². The number of aryl methyl sites for hydroxylation is 1. The van der Waals surface area contributed by atoms with E-state index in [2.05, 4.69) is 60.1 Å². The monoisotopic (exact) mass is 351 g/mol. The number of thiazole rings is 1. The summed E-state index contributed by atoms with van der Waals surface area (Å²) < 4.78 is 6.04. The molecule has 0 spiro atoms. The van der Waals surface area contributed by atoms with E-state index in [0.29, 0.717) is 5.13 Å². The minimum Gasteiger partial charge on any atom is -0.487 e. The first kappa shape index (κ1) is 16.0. The molecule has 0 fully saturated rings. The molecule has 0 radical (unpaired) electrons. The predicted molar refractivity (Wildman–Crippen MR) is 104 cm³/mol. The van der Waals surface area contributed by atoms with Crippen LogP contribution in [0.1, 0.15) is 18.1 Å². The standard InChI is InChI=1S/C20H21N3OS/c1-13-5-3-4-6-16(13)11-23-10-14(2)24-19-8-7-15(9-18(19)23)17-12-25-20(21)22-17/h3-9,12,14H,10-11H2,1-2H3,(H2,21,22). The fourth-order valence-electron chi connectivity index (χ4n) is 3.25. The fraction of sp³-hybridized carbons (Fsp3) is 0.250. The molecule has 4 rings (SSSR count). The molecule has 5 heteroatoms. The zero-order valence-corrected chi connectivity index (χ0v) is 15.2. The van der Waals surface area contributed by atoms with Crippen molar-refractivity contribution in [3.63, 3.8) is 0 Å². The summed E-state index contributed by atoms with van der Waals surface area (Å²) in [4.78, 5) is 6.80. The van der Waals surface area contributed by atoms with E-state index in [-0.39, 0.29) is 6.10 Å². The lowest BCUT2D eigenvalue weighted by molar-refractivity contribution is 0.212. The van der Waals surface area contributed by atoms with E-state index in [4.69, 9.17) is 10.5 Å². The number of aromatic nitrogens is 1.